The molecular formula is C14H12BrFN4. The molecule has 2 aromatic heterocycles. The molecule has 0 saturated carbocycles. The molecular weight excluding hydrogens is 323 g/mol. The van der Waals surface area contributed by atoms with Crippen molar-refractivity contribution >= 4 is 27.0 Å². The number of aromatic nitrogens is 3. The summed E-state index contributed by atoms with van der Waals surface area (Å²) in [6, 6.07) is 8.97. The second kappa shape index (κ2) is 5.30. The standard InChI is InChI=1S/C14H12BrFN4/c15-9-7-10(16)14(18-8-9)20-12-4-2-1-3-11(12)19-13(20)5-6-17/h1-4,7-8H,5-6,17H2. The van der Waals surface area contributed by atoms with Gasteiger partial charge in [0.25, 0.3) is 0 Å². The van der Waals surface area contributed by atoms with E-state index in [0.29, 0.717) is 23.3 Å². The minimum Gasteiger partial charge on any atom is -0.330 e. The van der Waals surface area contributed by atoms with Gasteiger partial charge in [-0.25, -0.2) is 14.4 Å². The van der Waals surface area contributed by atoms with Crippen LogP contribution in [0.2, 0.25) is 0 Å². The van der Waals surface area contributed by atoms with Gasteiger partial charge in [0.15, 0.2) is 11.6 Å². The van der Waals surface area contributed by atoms with Crippen molar-refractivity contribution in [1.82, 2.24) is 14.5 Å². The van der Waals surface area contributed by atoms with E-state index in [2.05, 4.69) is 25.9 Å². The van der Waals surface area contributed by atoms with Crippen molar-refractivity contribution < 1.29 is 4.39 Å². The van der Waals surface area contributed by atoms with Crippen LogP contribution >= 0.6 is 15.9 Å². The SMILES string of the molecule is NCCc1nc2ccccc2n1-c1ncc(Br)cc1F. The van der Waals surface area contributed by atoms with Crippen LogP contribution in [0.15, 0.2) is 41.0 Å². The van der Waals surface area contributed by atoms with E-state index in [9.17, 15) is 4.39 Å². The Morgan fingerprint density at radius 3 is 2.85 bits per heavy atom. The molecule has 0 aliphatic heterocycles. The first-order valence-electron chi connectivity index (χ1n) is 6.18. The maximum atomic E-state index is 14.2. The molecule has 4 nitrogen and oxygen atoms in total. The van der Waals surface area contributed by atoms with Crippen LogP contribution in [0.5, 0.6) is 0 Å². The average molecular weight is 335 g/mol. The van der Waals surface area contributed by atoms with Crippen LogP contribution < -0.4 is 5.73 Å². The highest BCUT2D eigenvalue weighted by Gasteiger charge is 2.16. The van der Waals surface area contributed by atoms with E-state index in [0.717, 1.165) is 11.0 Å². The normalized spacial score (nSPS) is 11.2. The zero-order valence-electron chi connectivity index (χ0n) is 10.6. The van der Waals surface area contributed by atoms with Crippen molar-refractivity contribution in [3.63, 3.8) is 0 Å². The van der Waals surface area contributed by atoms with Crippen molar-refractivity contribution in [2.75, 3.05) is 6.54 Å². The summed E-state index contributed by atoms with van der Waals surface area (Å²) >= 11 is 3.21. The molecule has 0 amide bonds. The second-order valence-electron chi connectivity index (χ2n) is 4.35. The van der Waals surface area contributed by atoms with E-state index in [-0.39, 0.29) is 5.82 Å². The third kappa shape index (κ3) is 2.21. The zero-order chi connectivity index (χ0) is 14.1. The van der Waals surface area contributed by atoms with Gasteiger partial charge in [-0.3, -0.25) is 4.57 Å². The molecule has 0 saturated heterocycles. The van der Waals surface area contributed by atoms with Gasteiger partial charge < -0.3 is 5.73 Å². The van der Waals surface area contributed by atoms with E-state index < -0.39 is 5.82 Å². The Bertz CT molecular complexity index is 769. The lowest BCUT2D eigenvalue weighted by atomic mass is 10.3. The number of imidazole rings is 1. The molecule has 0 bridgehead atoms. The molecule has 0 fully saturated rings. The molecule has 0 atom stereocenters. The van der Waals surface area contributed by atoms with E-state index in [1.165, 1.54) is 6.07 Å². The monoisotopic (exact) mass is 334 g/mol. The Labute approximate surface area is 123 Å². The van der Waals surface area contributed by atoms with Crippen molar-refractivity contribution in [2.24, 2.45) is 5.73 Å². The third-order valence-electron chi connectivity index (χ3n) is 3.00. The summed E-state index contributed by atoms with van der Waals surface area (Å²) in [5.41, 5.74) is 7.25. The summed E-state index contributed by atoms with van der Waals surface area (Å²) in [6.45, 7) is 0.446. The maximum Gasteiger partial charge on any atom is 0.175 e. The lowest BCUT2D eigenvalue weighted by Crippen LogP contribution is -2.11. The first kappa shape index (κ1) is 13.2. The molecule has 3 aromatic rings. The molecule has 2 N–H and O–H groups in total. The number of para-hydroxylation sites is 2. The van der Waals surface area contributed by atoms with Crippen LogP contribution in [-0.4, -0.2) is 21.1 Å². The molecule has 0 aliphatic carbocycles. The summed E-state index contributed by atoms with van der Waals surface area (Å²) < 4.78 is 16.5. The summed E-state index contributed by atoms with van der Waals surface area (Å²) in [7, 11) is 0. The first-order chi connectivity index (χ1) is 9.70. The molecule has 0 radical (unpaired) electrons. The molecule has 2 heterocycles. The van der Waals surface area contributed by atoms with Gasteiger partial charge >= 0.3 is 0 Å². The van der Waals surface area contributed by atoms with Gasteiger partial charge in [0.2, 0.25) is 0 Å². The Morgan fingerprint density at radius 2 is 2.10 bits per heavy atom. The smallest absolute Gasteiger partial charge is 0.175 e. The van der Waals surface area contributed by atoms with Gasteiger partial charge in [-0.1, -0.05) is 12.1 Å². The highest BCUT2D eigenvalue weighted by atomic mass is 79.9. The van der Waals surface area contributed by atoms with Crippen molar-refractivity contribution in [2.45, 2.75) is 6.42 Å². The summed E-state index contributed by atoms with van der Waals surface area (Å²) in [6.07, 6.45) is 2.13. The van der Waals surface area contributed by atoms with Gasteiger partial charge in [-0.05, 0) is 40.7 Å². The van der Waals surface area contributed by atoms with Crippen molar-refractivity contribution in [3.05, 3.63) is 52.6 Å². The highest BCUT2D eigenvalue weighted by Crippen LogP contribution is 2.23. The summed E-state index contributed by atoms with van der Waals surface area (Å²) in [5.74, 6) is 0.550. The summed E-state index contributed by atoms with van der Waals surface area (Å²) in [4.78, 5) is 8.68. The molecule has 0 spiro atoms. The van der Waals surface area contributed by atoms with Crippen LogP contribution in [0.3, 0.4) is 0 Å². The number of pyridine rings is 1. The predicted molar refractivity (Wildman–Crippen MR) is 79.3 cm³/mol. The van der Waals surface area contributed by atoms with E-state index >= 15 is 0 Å². The third-order valence-corrected chi connectivity index (χ3v) is 3.43. The fourth-order valence-corrected chi connectivity index (χ4v) is 2.48. The molecule has 3 rings (SSSR count). The number of nitrogens with two attached hydrogens (primary N) is 1. The van der Waals surface area contributed by atoms with E-state index in [4.69, 9.17) is 5.73 Å². The number of hydrogen-bond donors (Lipinski definition) is 1. The van der Waals surface area contributed by atoms with Crippen LogP contribution in [0.1, 0.15) is 5.82 Å². The van der Waals surface area contributed by atoms with Crippen molar-refractivity contribution in [3.8, 4) is 5.82 Å². The average Bonchev–Trinajstić information content (AvgIpc) is 2.78. The first-order valence-corrected chi connectivity index (χ1v) is 6.98. The van der Waals surface area contributed by atoms with Gasteiger partial charge in [0.05, 0.1) is 11.0 Å². The van der Waals surface area contributed by atoms with E-state index in [1.807, 2.05) is 24.3 Å². The molecule has 0 aliphatic rings. The van der Waals surface area contributed by atoms with E-state index in [1.54, 1.807) is 10.8 Å². The number of rotatable bonds is 3. The number of fused-ring (bicyclic) bond motifs is 1. The second-order valence-corrected chi connectivity index (χ2v) is 5.27. The lowest BCUT2D eigenvalue weighted by Gasteiger charge is -2.09. The lowest BCUT2D eigenvalue weighted by molar-refractivity contribution is 0.606. The summed E-state index contributed by atoms with van der Waals surface area (Å²) in [5, 5.41) is 0. The number of nitrogens with zero attached hydrogens (tertiary/aromatic N) is 3. The zero-order valence-corrected chi connectivity index (χ0v) is 12.1. The van der Waals surface area contributed by atoms with Gasteiger partial charge in [-0.15, -0.1) is 0 Å². The molecule has 1 aromatic carbocycles. The maximum absolute atomic E-state index is 14.2. The van der Waals surface area contributed by atoms with Gasteiger partial charge in [0, 0.05) is 17.1 Å². The fourth-order valence-electron chi connectivity index (χ4n) is 2.18. The van der Waals surface area contributed by atoms with Crippen LogP contribution in [0, 0.1) is 5.82 Å². The molecule has 20 heavy (non-hydrogen) atoms. The molecule has 0 unspecified atom stereocenters. The van der Waals surface area contributed by atoms with Gasteiger partial charge in [-0.2, -0.15) is 0 Å². The Morgan fingerprint density at radius 1 is 1.30 bits per heavy atom. The number of benzene rings is 1. The quantitative estimate of drug-likeness (QED) is 0.801. The fraction of sp³-hybridized carbons (Fsp3) is 0.143. The Kier molecular flexibility index (Phi) is 3.50. The molecule has 6 heteroatoms. The van der Waals surface area contributed by atoms with Crippen LogP contribution in [0.4, 0.5) is 4.39 Å². The Hall–Kier alpha value is -1.79. The van der Waals surface area contributed by atoms with Crippen molar-refractivity contribution in [1.29, 1.82) is 0 Å². The minimum atomic E-state index is -0.402. The number of hydrogen-bond acceptors (Lipinski definition) is 3. The Balaban J connectivity index is 2.30. The minimum absolute atomic E-state index is 0.241. The largest absolute Gasteiger partial charge is 0.330 e. The van der Waals surface area contributed by atoms with Gasteiger partial charge in [0.1, 0.15) is 5.82 Å². The van der Waals surface area contributed by atoms with Crippen LogP contribution in [0.25, 0.3) is 16.9 Å². The predicted octanol–water partition coefficient (Wildman–Crippen LogP) is 2.82. The highest BCUT2D eigenvalue weighted by molar-refractivity contribution is 9.10. The number of halogens is 2. The van der Waals surface area contributed by atoms with Crippen LogP contribution in [-0.2, 0) is 6.42 Å². The molecule has 102 valence electrons. The topological polar surface area (TPSA) is 56.7 Å².